The summed E-state index contributed by atoms with van der Waals surface area (Å²) in [4.78, 5) is 14.0. The van der Waals surface area contributed by atoms with Crippen LogP contribution >= 0.6 is 11.3 Å². The lowest BCUT2D eigenvalue weighted by atomic mass is 10.0. The quantitative estimate of drug-likeness (QED) is 0.450. The van der Waals surface area contributed by atoms with Crippen molar-refractivity contribution in [2.45, 2.75) is 6.42 Å². The lowest BCUT2D eigenvalue weighted by Gasteiger charge is -2.02. The number of nitrogens with zero attached hydrogens (tertiary/aromatic N) is 2. The van der Waals surface area contributed by atoms with Crippen LogP contribution in [0.15, 0.2) is 77.8 Å². The van der Waals surface area contributed by atoms with Gasteiger partial charge in [-0.3, -0.25) is 4.79 Å². The number of thiophene rings is 1. The first-order chi connectivity index (χ1) is 14.2. The van der Waals surface area contributed by atoms with Crippen molar-refractivity contribution >= 4 is 23.2 Å². The van der Waals surface area contributed by atoms with Gasteiger partial charge < -0.3 is 4.74 Å². The van der Waals surface area contributed by atoms with E-state index in [-0.39, 0.29) is 5.78 Å². The lowest BCUT2D eigenvalue weighted by molar-refractivity contribution is 0.103. The fraction of sp³-hybridized carbons (Fsp3) is 0.0833. The molecule has 4 aromatic rings. The lowest BCUT2D eigenvalue weighted by Crippen LogP contribution is -2.02. The third kappa shape index (κ3) is 3.19. The zero-order valence-corrected chi connectivity index (χ0v) is 16.6. The van der Waals surface area contributed by atoms with Crippen LogP contribution < -0.4 is 4.74 Å². The number of ketones is 1. The van der Waals surface area contributed by atoms with Gasteiger partial charge in [0.05, 0.1) is 17.7 Å². The van der Waals surface area contributed by atoms with Crippen LogP contribution in [-0.2, 0) is 6.42 Å². The van der Waals surface area contributed by atoms with Crippen molar-refractivity contribution < 1.29 is 9.53 Å². The van der Waals surface area contributed by atoms with Gasteiger partial charge in [-0.05, 0) is 53.4 Å². The normalized spacial score (nSPS) is 12.7. The number of allylic oxidation sites excluding steroid dienone is 1. The van der Waals surface area contributed by atoms with E-state index in [4.69, 9.17) is 9.84 Å². The fourth-order valence-electron chi connectivity index (χ4n) is 3.63. The zero-order chi connectivity index (χ0) is 19.8. The Balaban J connectivity index is 1.54. The molecule has 0 saturated carbocycles. The van der Waals surface area contributed by atoms with E-state index in [0.29, 0.717) is 6.42 Å². The molecule has 2 aromatic carbocycles. The van der Waals surface area contributed by atoms with E-state index in [0.717, 1.165) is 44.3 Å². The van der Waals surface area contributed by atoms with Crippen LogP contribution in [0, 0.1) is 0 Å². The number of rotatable bonds is 5. The average molecular weight is 398 g/mol. The maximum Gasteiger partial charge on any atom is 0.189 e. The number of Topliss-reactive ketones (excluding diaryl/α,β-unsaturated/α-hetero) is 1. The van der Waals surface area contributed by atoms with Crippen LogP contribution in [0.25, 0.3) is 22.3 Å². The molecule has 0 aliphatic heterocycles. The third-order valence-corrected chi connectivity index (χ3v) is 5.95. The van der Waals surface area contributed by atoms with Gasteiger partial charge in [0.15, 0.2) is 5.78 Å². The highest BCUT2D eigenvalue weighted by atomic mass is 32.1. The molecule has 1 aliphatic rings. The highest BCUT2D eigenvalue weighted by molar-refractivity contribution is 7.13. The van der Waals surface area contributed by atoms with Crippen molar-refractivity contribution in [3.63, 3.8) is 0 Å². The molecule has 142 valence electrons. The van der Waals surface area contributed by atoms with Gasteiger partial charge in [-0.2, -0.15) is 5.10 Å². The number of benzene rings is 2. The zero-order valence-electron chi connectivity index (χ0n) is 15.8. The van der Waals surface area contributed by atoms with Crippen molar-refractivity contribution in [3.05, 3.63) is 94.5 Å². The van der Waals surface area contributed by atoms with Crippen molar-refractivity contribution in [1.29, 1.82) is 0 Å². The molecule has 29 heavy (non-hydrogen) atoms. The van der Waals surface area contributed by atoms with E-state index in [1.54, 1.807) is 18.4 Å². The van der Waals surface area contributed by atoms with Crippen LogP contribution in [0.1, 0.15) is 21.5 Å². The minimum atomic E-state index is 0.0762. The molecule has 1 aliphatic carbocycles. The van der Waals surface area contributed by atoms with Crippen LogP contribution in [-0.4, -0.2) is 22.7 Å². The molecule has 4 nitrogen and oxygen atoms in total. The van der Waals surface area contributed by atoms with Gasteiger partial charge in [-0.1, -0.05) is 24.3 Å². The molecule has 0 radical (unpaired) electrons. The van der Waals surface area contributed by atoms with Crippen LogP contribution in [0.4, 0.5) is 0 Å². The summed E-state index contributed by atoms with van der Waals surface area (Å²) < 4.78 is 7.19. The Kier molecular flexibility index (Phi) is 4.37. The molecule has 0 N–H and O–H groups in total. The number of aromatic nitrogens is 2. The number of carbonyl (C=O) groups excluding carboxylic acids is 1. The SMILES string of the molecule is COc1ccc2c(c1)C=C(Cc1cn(-c3ccccc3)nc1-c1cccs1)C2=O. The van der Waals surface area contributed by atoms with Crippen LogP contribution in [0.5, 0.6) is 5.75 Å². The molecular weight excluding hydrogens is 380 g/mol. The van der Waals surface area contributed by atoms with Crippen molar-refractivity contribution in [2.24, 2.45) is 0 Å². The maximum absolute atomic E-state index is 12.9. The van der Waals surface area contributed by atoms with E-state index in [1.165, 1.54) is 0 Å². The highest BCUT2D eigenvalue weighted by Crippen LogP contribution is 2.34. The predicted molar refractivity (Wildman–Crippen MR) is 116 cm³/mol. The summed E-state index contributed by atoms with van der Waals surface area (Å²) in [5, 5.41) is 6.88. The standard InChI is InChI=1S/C24H18N2O2S/c1-28-20-9-10-21-16(14-20)12-17(24(21)27)13-18-15-26(19-6-3-2-4-7-19)25-23(18)22-8-5-11-29-22/h2-12,14-15H,13H2,1H3. The average Bonchev–Trinajstić information content (AvgIpc) is 3.49. The Hall–Kier alpha value is -3.44. The molecular formula is C24H18N2O2S. The van der Waals surface area contributed by atoms with Crippen molar-refractivity contribution in [1.82, 2.24) is 9.78 Å². The minimum Gasteiger partial charge on any atom is -0.497 e. The van der Waals surface area contributed by atoms with Gasteiger partial charge in [0, 0.05) is 29.3 Å². The van der Waals surface area contributed by atoms with Gasteiger partial charge in [0.2, 0.25) is 0 Å². The van der Waals surface area contributed by atoms with Crippen LogP contribution in [0.3, 0.4) is 0 Å². The molecule has 0 bridgehead atoms. The summed E-state index contributed by atoms with van der Waals surface area (Å²) in [5.41, 5.74) is 5.38. The van der Waals surface area contributed by atoms with Gasteiger partial charge in [0.1, 0.15) is 11.4 Å². The second kappa shape index (κ2) is 7.18. The van der Waals surface area contributed by atoms with Crippen LogP contribution in [0.2, 0.25) is 0 Å². The Morgan fingerprint density at radius 2 is 1.93 bits per heavy atom. The number of carbonyl (C=O) groups is 1. The molecule has 0 saturated heterocycles. The van der Waals surface area contributed by atoms with E-state index in [9.17, 15) is 4.79 Å². The summed E-state index contributed by atoms with van der Waals surface area (Å²) in [7, 11) is 1.63. The molecule has 0 spiro atoms. The molecule has 0 atom stereocenters. The Morgan fingerprint density at radius 3 is 2.69 bits per heavy atom. The summed E-state index contributed by atoms with van der Waals surface area (Å²) in [6, 6.07) is 19.7. The molecule has 0 amide bonds. The second-order valence-electron chi connectivity index (χ2n) is 6.89. The van der Waals surface area contributed by atoms with Gasteiger partial charge in [0.25, 0.3) is 0 Å². The Labute approximate surface area is 172 Å². The summed E-state index contributed by atoms with van der Waals surface area (Å²) in [6.07, 6.45) is 4.54. The smallest absolute Gasteiger partial charge is 0.189 e. The molecule has 5 heteroatoms. The molecule has 2 aromatic heterocycles. The first-order valence-corrected chi connectivity index (χ1v) is 10.2. The van der Waals surface area contributed by atoms with Crippen molar-refractivity contribution in [2.75, 3.05) is 7.11 Å². The summed E-state index contributed by atoms with van der Waals surface area (Å²) in [6.45, 7) is 0. The molecule has 0 fully saturated rings. The summed E-state index contributed by atoms with van der Waals surface area (Å²) in [5.74, 6) is 0.831. The summed E-state index contributed by atoms with van der Waals surface area (Å²) >= 11 is 1.65. The van der Waals surface area contributed by atoms with E-state index >= 15 is 0 Å². The first-order valence-electron chi connectivity index (χ1n) is 9.34. The van der Waals surface area contributed by atoms with E-state index in [1.807, 2.05) is 76.9 Å². The first kappa shape index (κ1) is 17.6. The maximum atomic E-state index is 12.9. The molecule has 0 unspecified atom stereocenters. The number of hydrogen-bond acceptors (Lipinski definition) is 4. The van der Waals surface area contributed by atoms with E-state index in [2.05, 4.69) is 6.07 Å². The second-order valence-corrected chi connectivity index (χ2v) is 7.84. The number of ether oxygens (including phenoxy) is 1. The minimum absolute atomic E-state index is 0.0762. The molecule has 2 heterocycles. The monoisotopic (exact) mass is 398 g/mol. The number of para-hydroxylation sites is 1. The van der Waals surface area contributed by atoms with Gasteiger partial charge >= 0.3 is 0 Å². The Morgan fingerprint density at radius 1 is 1.07 bits per heavy atom. The number of methoxy groups -OCH3 is 1. The van der Waals surface area contributed by atoms with E-state index < -0.39 is 0 Å². The largest absolute Gasteiger partial charge is 0.497 e. The van der Waals surface area contributed by atoms with Crippen molar-refractivity contribution in [3.8, 4) is 22.0 Å². The highest BCUT2D eigenvalue weighted by Gasteiger charge is 2.25. The number of hydrogen-bond donors (Lipinski definition) is 0. The fourth-order valence-corrected chi connectivity index (χ4v) is 4.37. The third-order valence-electron chi connectivity index (χ3n) is 5.07. The number of fused-ring (bicyclic) bond motifs is 1. The van der Waals surface area contributed by atoms with Gasteiger partial charge in [-0.15, -0.1) is 11.3 Å². The topological polar surface area (TPSA) is 44.1 Å². The van der Waals surface area contributed by atoms with Gasteiger partial charge in [-0.25, -0.2) is 4.68 Å². The molecule has 5 rings (SSSR count). The Bertz CT molecular complexity index is 1220. The predicted octanol–water partition coefficient (Wildman–Crippen LogP) is 5.43.